The van der Waals surface area contributed by atoms with Crippen molar-refractivity contribution in [2.24, 2.45) is 5.92 Å². The van der Waals surface area contributed by atoms with Gasteiger partial charge in [-0.1, -0.05) is 0 Å². The third-order valence-corrected chi connectivity index (χ3v) is 4.80. The van der Waals surface area contributed by atoms with Gasteiger partial charge in [0.2, 0.25) is 0 Å². The summed E-state index contributed by atoms with van der Waals surface area (Å²) in [5, 5.41) is 0. The van der Waals surface area contributed by atoms with E-state index in [9.17, 15) is 9.59 Å². The number of hydrogen-bond acceptors (Lipinski definition) is 5. The predicted octanol–water partition coefficient (Wildman–Crippen LogP) is 2.66. The second-order valence-corrected chi connectivity index (χ2v) is 8.11. The molecule has 0 spiro atoms. The molecule has 6 nitrogen and oxygen atoms in total. The Bertz CT molecular complexity index is 456. The lowest BCUT2D eigenvalue weighted by Gasteiger charge is -2.50. The Morgan fingerprint density at radius 2 is 1.62 bits per heavy atom. The van der Waals surface area contributed by atoms with Gasteiger partial charge in [0.1, 0.15) is 5.60 Å². The fourth-order valence-electron chi connectivity index (χ4n) is 3.67. The molecule has 0 N–H and O–H groups in total. The van der Waals surface area contributed by atoms with Crippen LogP contribution in [0.2, 0.25) is 0 Å². The lowest BCUT2D eigenvalue weighted by Crippen LogP contribution is -2.63. The van der Waals surface area contributed by atoms with Crippen LogP contribution >= 0.6 is 0 Å². The van der Waals surface area contributed by atoms with E-state index in [4.69, 9.17) is 9.47 Å². The fourth-order valence-corrected chi connectivity index (χ4v) is 3.67. The molecule has 2 rings (SSSR count). The van der Waals surface area contributed by atoms with Crippen molar-refractivity contribution in [2.45, 2.75) is 78.1 Å². The van der Waals surface area contributed by atoms with Crippen LogP contribution in [0.15, 0.2) is 0 Å². The first-order valence-electron chi connectivity index (χ1n) is 9.04. The summed E-state index contributed by atoms with van der Waals surface area (Å²) in [7, 11) is 0. The van der Waals surface area contributed by atoms with E-state index in [0.717, 1.165) is 25.9 Å². The first-order chi connectivity index (χ1) is 11.1. The Morgan fingerprint density at radius 1 is 1.08 bits per heavy atom. The van der Waals surface area contributed by atoms with Gasteiger partial charge in [-0.15, -0.1) is 0 Å². The zero-order chi connectivity index (χ0) is 18.1. The van der Waals surface area contributed by atoms with Gasteiger partial charge in [0.25, 0.3) is 0 Å². The van der Waals surface area contributed by atoms with Gasteiger partial charge in [0.05, 0.1) is 12.5 Å². The predicted molar refractivity (Wildman–Crippen MR) is 91.7 cm³/mol. The van der Waals surface area contributed by atoms with Gasteiger partial charge in [0, 0.05) is 31.2 Å². The van der Waals surface area contributed by atoms with Crippen molar-refractivity contribution in [2.75, 3.05) is 19.7 Å². The van der Waals surface area contributed by atoms with Gasteiger partial charge in [-0.2, -0.15) is 0 Å². The van der Waals surface area contributed by atoms with Gasteiger partial charge >= 0.3 is 12.1 Å². The minimum Gasteiger partial charge on any atom is -0.466 e. The summed E-state index contributed by atoms with van der Waals surface area (Å²) in [6.07, 6.45) is 1.50. The zero-order valence-electron chi connectivity index (χ0n) is 15.9. The summed E-state index contributed by atoms with van der Waals surface area (Å²) >= 11 is 0. The maximum absolute atomic E-state index is 12.4. The Hall–Kier alpha value is -1.30. The van der Waals surface area contributed by atoms with E-state index >= 15 is 0 Å². The minimum atomic E-state index is -0.478. The van der Waals surface area contributed by atoms with Crippen LogP contribution in [0.1, 0.15) is 54.4 Å². The Labute approximate surface area is 145 Å². The smallest absolute Gasteiger partial charge is 0.410 e. The van der Waals surface area contributed by atoms with E-state index < -0.39 is 5.60 Å². The van der Waals surface area contributed by atoms with E-state index in [2.05, 4.69) is 18.7 Å². The quantitative estimate of drug-likeness (QED) is 0.739. The summed E-state index contributed by atoms with van der Waals surface area (Å²) in [5.41, 5.74) is -0.478. The average molecular weight is 340 g/mol. The highest BCUT2D eigenvalue weighted by molar-refractivity contribution is 5.73. The maximum Gasteiger partial charge on any atom is 0.410 e. The Morgan fingerprint density at radius 3 is 2.08 bits per heavy atom. The van der Waals surface area contributed by atoms with E-state index in [1.54, 1.807) is 0 Å². The van der Waals surface area contributed by atoms with Crippen LogP contribution in [0.3, 0.4) is 0 Å². The van der Waals surface area contributed by atoms with Crippen molar-refractivity contribution in [1.82, 2.24) is 9.80 Å². The SMILES string of the molecule is CCOC(=O)C1CC(N2CC(C)N(C(=O)OC(C)(C)C)C(C)C2)C1. The van der Waals surface area contributed by atoms with Gasteiger partial charge in [0.15, 0.2) is 0 Å². The van der Waals surface area contributed by atoms with Crippen LogP contribution in [-0.4, -0.2) is 65.3 Å². The molecular weight excluding hydrogens is 308 g/mol. The highest BCUT2D eigenvalue weighted by atomic mass is 16.6. The van der Waals surface area contributed by atoms with Crippen LogP contribution in [-0.2, 0) is 14.3 Å². The first kappa shape index (κ1) is 19.0. The standard InChI is InChI=1S/C18H32N2O4/c1-7-23-16(21)14-8-15(9-14)19-10-12(2)20(13(3)11-19)17(22)24-18(4,5)6/h12-15H,7-11H2,1-6H3. The molecule has 0 radical (unpaired) electrons. The molecule has 24 heavy (non-hydrogen) atoms. The van der Waals surface area contributed by atoms with E-state index in [0.29, 0.717) is 12.6 Å². The van der Waals surface area contributed by atoms with Crippen molar-refractivity contribution in [3.05, 3.63) is 0 Å². The van der Waals surface area contributed by atoms with Crippen LogP contribution in [0.5, 0.6) is 0 Å². The normalized spacial score (nSPS) is 31.3. The molecule has 2 atom stereocenters. The van der Waals surface area contributed by atoms with Crippen LogP contribution in [0.25, 0.3) is 0 Å². The summed E-state index contributed by atoms with van der Waals surface area (Å²) in [6.45, 7) is 13.7. The number of esters is 1. The number of carbonyl (C=O) groups excluding carboxylic acids is 2. The minimum absolute atomic E-state index is 0.0458. The molecule has 0 aromatic carbocycles. The molecule has 1 aliphatic heterocycles. The number of hydrogen-bond donors (Lipinski definition) is 0. The van der Waals surface area contributed by atoms with Crippen molar-refractivity contribution in [3.8, 4) is 0 Å². The molecule has 1 amide bonds. The topological polar surface area (TPSA) is 59.1 Å². The number of ether oxygens (including phenoxy) is 2. The Balaban J connectivity index is 1.88. The molecule has 2 fully saturated rings. The second-order valence-electron chi connectivity index (χ2n) is 8.11. The average Bonchev–Trinajstić information content (AvgIpc) is 2.33. The first-order valence-corrected chi connectivity index (χ1v) is 9.04. The third-order valence-electron chi connectivity index (χ3n) is 4.80. The highest BCUT2D eigenvalue weighted by Crippen LogP contribution is 2.35. The van der Waals surface area contributed by atoms with E-state index in [1.165, 1.54) is 0 Å². The summed E-state index contributed by atoms with van der Waals surface area (Å²) in [6, 6.07) is 0.626. The van der Waals surface area contributed by atoms with Crippen molar-refractivity contribution >= 4 is 12.1 Å². The molecule has 138 valence electrons. The number of nitrogens with zero attached hydrogens (tertiary/aromatic N) is 2. The third kappa shape index (κ3) is 4.41. The lowest BCUT2D eigenvalue weighted by atomic mass is 9.78. The van der Waals surface area contributed by atoms with Crippen LogP contribution in [0, 0.1) is 5.92 Å². The van der Waals surface area contributed by atoms with Gasteiger partial charge < -0.3 is 14.4 Å². The van der Waals surface area contributed by atoms with Crippen LogP contribution in [0.4, 0.5) is 4.79 Å². The number of rotatable bonds is 3. The van der Waals surface area contributed by atoms with Crippen LogP contribution < -0.4 is 0 Å². The van der Waals surface area contributed by atoms with Gasteiger partial charge in [-0.3, -0.25) is 9.69 Å². The van der Waals surface area contributed by atoms with Crippen molar-refractivity contribution in [3.63, 3.8) is 0 Å². The fraction of sp³-hybridized carbons (Fsp3) is 0.889. The number of amides is 1. The molecule has 6 heteroatoms. The van der Waals surface area contributed by atoms with Gasteiger partial charge in [-0.25, -0.2) is 4.79 Å². The molecule has 2 aliphatic rings. The van der Waals surface area contributed by atoms with Gasteiger partial charge in [-0.05, 0) is 54.4 Å². The summed E-state index contributed by atoms with van der Waals surface area (Å²) < 4.78 is 10.6. The zero-order valence-corrected chi connectivity index (χ0v) is 15.9. The van der Waals surface area contributed by atoms with E-state index in [1.807, 2.05) is 32.6 Å². The maximum atomic E-state index is 12.4. The number of piperazine rings is 1. The number of carbonyl (C=O) groups is 2. The van der Waals surface area contributed by atoms with Crippen molar-refractivity contribution < 1.29 is 19.1 Å². The highest BCUT2D eigenvalue weighted by Gasteiger charge is 2.43. The molecule has 2 unspecified atom stereocenters. The Kier molecular flexibility index (Phi) is 5.78. The van der Waals surface area contributed by atoms with E-state index in [-0.39, 0.29) is 30.1 Å². The largest absolute Gasteiger partial charge is 0.466 e. The molecular formula is C18H32N2O4. The molecule has 0 aromatic rings. The molecule has 1 aliphatic carbocycles. The second kappa shape index (κ2) is 7.30. The summed E-state index contributed by atoms with van der Waals surface area (Å²) in [4.78, 5) is 28.4. The summed E-state index contributed by atoms with van der Waals surface area (Å²) in [5.74, 6) is -0.0216. The molecule has 1 heterocycles. The lowest BCUT2D eigenvalue weighted by molar-refractivity contribution is -0.154. The van der Waals surface area contributed by atoms with Crippen molar-refractivity contribution in [1.29, 1.82) is 0 Å². The monoisotopic (exact) mass is 340 g/mol. The molecule has 1 saturated carbocycles. The molecule has 0 bridgehead atoms. The molecule has 1 saturated heterocycles. The molecule has 0 aromatic heterocycles.